The van der Waals surface area contributed by atoms with Crippen LogP contribution >= 0.6 is 11.8 Å². The molecule has 0 aliphatic rings. The highest BCUT2D eigenvalue weighted by molar-refractivity contribution is 7.98. The molecule has 0 saturated heterocycles. The molecule has 88 valence electrons. The third kappa shape index (κ3) is 2.92. The number of hydrogen-bond donors (Lipinski definition) is 0. The Hall–Kier alpha value is -1.16. The van der Waals surface area contributed by atoms with Crippen molar-refractivity contribution in [1.29, 1.82) is 0 Å². The van der Waals surface area contributed by atoms with Gasteiger partial charge in [0.2, 0.25) is 0 Å². The van der Waals surface area contributed by atoms with Gasteiger partial charge in [0.15, 0.2) is 17.3 Å². The van der Waals surface area contributed by atoms with Crippen LogP contribution < -0.4 is 9.47 Å². The van der Waals surface area contributed by atoms with E-state index in [1.807, 2.05) is 6.26 Å². The van der Waals surface area contributed by atoms with Gasteiger partial charge >= 0.3 is 0 Å². The Kier molecular flexibility index (Phi) is 5.19. The number of methoxy groups -OCH3 is 2. The Bertz CT molecular complexity index is 363. The molecular formula is C12H16O3S. The molecule has 0 bridgehead atoms. The molecule has 0 aliphatic heterocycles. The van der Waals surface area contributed by atoms with Crippen LogP contribution in [0.4, 0.5) is 0 Å². The topological polar surface area (TPSA) is 35.5 Å². The molecular weight excluding hydrogens is 224 g/mol. The third-order valence-electron chi connectivity index (χ3n) is 2.24. The molecule has 3 nitrogen and oxygen atoms in total. The fourth-order valence-electron chi connectivity index (χ4n) is 1.44. The van der Waals surface area contributed by atoms with E-state index < -0.39 is 0 Å². The maximum Gasteiger partial charge on any atom is 0.171 e. The molecule has 0 amide bonds. The zero-order chi connectivity index (χ0) is 12.0. The summed E-state index contributed by atoms with van der Waals surface area (Å²) in [5, 5.41) is 0. The summed E-state index contributed by atoms with van der Waals surface area (Å²) in [6.45, 7) is 0. The van der Waals surface area contributed by atoms with E-state index in [9.17, 15) is 4.79 Å². The molecule has 0 aliphatic carbocycles. The molecule has 0 fully saturated rings. The summed E-state index contributed by atoms with van der Waals surface area (Å²) in [5.74, 6) is 2.03. The van der Waals surface area contributed by atoms with Crippen LogP contribution in [0.3, 0.4) is 0 Å². The van der Waals surface area contributed by atoms with E-state index in [2.05, 4.69) is 0 Å². The lowest BCUT2D eigenvalue weighted by Gasteiger charge is -2.11. The molecule has 1 aromatic carbocycles. The number of benzene rings is 1. The number of para-hydroxylation sites is 1. The molecule has 0 radical (unpaired) electrons. The van der Waals surface area contributed by atoms with Gasteiger partial charge in [0.25, 0.3) is 0 Å². The van der Waals surface area contributed by atoms with Crippen LogP contribution in [-0.4, -0.2) is 32.0 Å². The minimum atomic E-state index is 0.0881. The average molecular weight is 240 g/mol. The Morgan fingerprint density at radius 3 is 2.62 bits per heavy atom. The van der Waals surface area contributed by atoms with E-state index in [1.165, 1.54) is 0 Å². The van der Waals surface area contributed by atoms with Crippen molar-refractivity contribution in [3.63, 3.8) is 0 Å². The summed E-state index contributed by atoms with van der Waals surface area (Å²) in [4.78, 5) is 11.9. The van der Waals surface area contributed by atoms with Crippen LogP contribution in [-0.2, 0) is 0 Å². The normalized spacial score (nSPS) is 9.94. The number of ketones is 1. The van der Waals surface area contributed by atoms with E-state index in [1.54, 1.807) is 44.2 Å². The van der Waals surface area contributed by atoms with Crippen LogP contribution in [0.2, 0.25) is 0 Å². The van der Waals surface area contributed by atoms with E-state index in [0.29, 0.717) is 23.5 Å². The molecule has 4 heteroatoms. The van der Waals surface area contributed by atoms with Crippen molar-refractivity contribution < 1.29 is 14.3 Å². The quantitative estimate of drug-likeness (QED) is 0.716. The van der Waals surface area contributed by atoms with Crippen molar-refractivity contribution in [3.05, 3.63) is 23.8 Å². The average Bonchev–Trinajstić information content (AvgIpc) is 2.34. The van der Waals surface area contributed by atoms with Crippen LogP contribution in [0.5, 0.6) is 11.5 Å². The van der Waals surface area contributed by atoms with Crippen LogP contribution in [0.1, 0.15) is 16.8 Å². The van der Waals surface area contributed by atoms with Gasteiger partial charge in [0.05, 0.1) is 19.8 Å². The first-order valence-corrected chi connectivity index (χ1v) is 6.37. The molecule has 0 heterocycles. The lowest BCUT2D eigenvalue weighted by Crippen LogP contribution is -2.04. The Labute approximate surface area is 100 Å². The van der Waals surface area contributed by atoms with Crippen LogP contribution in [0.15, 0.2) is 18.2 Å². The Morgan fingerprint density at radius 2 is 2.06 bits per heavy atom. The molecule has 0 N–H and O–H groups in total. The summed E-state index contributed by atoms with van der Waals surface area (Å²) in [6.07, 6.45) is 2.50. The number of ether oxygens (including phenoxy) is 2. The van der Waals surface area contributed by atoms with E-state index in [0.717, 1.165) is 5.75 Å². The van der Waals surface area contributed by atoms with Gasteiger partial charge in [0, 0.05) is 12.2 Å². The minimum Gasteiger partial charge on any atom is -0.493 e. The highest BCUT2D eigenvalue weighted by Crippen LogP contribution is 2.31. The smallest absolute Gasteiger partial charge is 0.171 e. The molecule has 1 rings (SSSR count). The lowest BCUT2D eigenvalue weighted by atomic mass is 10.1. The van der Waals surface area contributed by atoms with Crippen molar-refractivity contribution in [2.75, 3.05) is 26.2 Å². The largest absolute Gasteiger partial charge is 0.493 e. The Morgan fingerprint density at radius 1 is 1.31 bits per heavy atom. The predicted molar refractivity (Wildman–Crippen MR) is 66.9 cm³/mol. The van der Waals surface area contributed by atoms with Gasteiger partial charge in [0.1, 0.15) is 0 Å². The van der Waals surface area contributed by atoms with Crippen LogP contribution in [0, 0.1) is 0 Å². The first-order chi connectivity index (χ1) is 7.74. The van der Waals surface area contributed by atoms with Crippen molar-refractivity contribution >= 4 is 17.5 Å². The summed E-state index contributed by atoms with van der Waals surface area (Å²) >= 11 is 1.66. The molecule has 0 unspecified atom stereocenters. The van der Waals surface area contributed by atoms with Gasteiger partial charge in [-0.3, -0.25) is 4.79 Å². The zero-order valence-electron chi connectivity index (χ0n) is 9.78. The highest BCUT2D eigenvalue weighted by Gasteiger charge is 2.15. The van der Waals surface area contributed by atoms with Crippen molar-refractivity contribution in [2.45, 2.75) is 6.42 Å². The van der Waals surface area contributed by atoms with Gasteiger partial charge in [-0.1, -0.05) is 6.07 Å². The number of carbonyl (C=O) groups excluding carboxylic acids is 1. The fourth-order valence-corrected chi connectivity index (χ4v) is 1.83. The molecule has 16 heavy (non-hydrogen) atoms. The SMILES string of the molecule is COc1cccc(C(=O)CCSC)c1OC. The van der Waals surface area contributed by atoms with E-state index in [4.69, 9.17) is 9.47 Å². The van der Waals surface area contributed by atoms with Crippen molar-refractivity contribution in [2.24, 2.45) is 0 Å². The molecule has 0 atom stereocenters. The number of Topliss-reactive ketones (excluding diaryl/α,β-unsaturated/α-hetero) is 1. The first-order valence-electron chi connectivity index (χ1n) is 4.97. The van der Waals surface area contributed by atoms with Gasteiger partial charge in [-0.15, -0.1) is 0 Å². The maximum absolute atomic E-state index is 11.9. The molecule has 0 spiro atoms. The predicted octanol–water partition coefficient (Wildman–Crippen LogP) is 2.64. The van der Waals surface area contributed by atoms with Gasteiger partial charge in [-0.05, 0) is 18.4 Å². The number of carbonyl (C=O) groups is 1. The highest BCUT2D eigenvalue weighted by atomic mass is 32.2. The lowest BCUT2D eigenvalue weighted by molar-refractivity contribution is 0.0986. The summed E-state index contributed by atoms with van der Waals surface area (Å²) in [7, 11) is 3.11. The van der Waals surface area contributed by atoms with E-state index >= 15 is 0 Å². The molecule has 1 aromatic rings. The van der Waals surface area contributed by atoms with Gasteiger partial charge in [-0.25, -0.2) is 0 Å². The zero-order valence-corrected chi connectivity index (χ0v) is 10.6. The van der Waals surface area contributed by atoms with Crippen molar-refractivity contribution in [1.82, 2.24) is 0 Å². The van der Waals surface area contributed by atoms with Crippen LogP contribution in [0.25, 0.3) is 0 Å². The second-order valence-electron chi connectivity index (χ2n) is 3.21. The minimum absolute atomic E-state index is 0.0881. The Balaban J connectivity index is 2.98. The number of hydrogen-bond acceptors (Lipinski definition) is 4. The summed E-state index contributed by atoms with van der Waals surface area (Å²) in [5.41, 5.74) is 0.593. The van der Waals surface area contributed by atoms with Gasteiger partial charge in [-0.2, -0.15) is 11.8 Å². The monoisotopic (exact) mass is 240 g/mol. The van der Waals surface area contributed by atoms with Crippen molar-refractivity contribution in [3.8, 4) is 11.5 Å². The third-order valence-corrected chi connectivity index (χ3v) is 2.85. The first kappa shape index (κ1) is 12.9. The fraction of sp³-hybridized carbons (Fsp3) is 0.417. The second kappa shape index (κ2) is 6.43. The maximum atomic E-state index is 11.9. The van der Waals surface area contributed by atoms with Gasteiger partial charge < -0.3 is 9.47 Å². The second-order valence-corrected chi connectivity index (χ2v) is 4.19. The number of thioether (sulfide) groups is 1. The summed E-state index contributed by atoms with van der Waals surface area (Å²) < 4.78 is 10.4. The van der Waals surface area contributed by atoms with E-state index in [-0.39, 0.29) is 5.78 Å². The standard InChI is InChI=1S/C12H16O3S/c1-14-11-6-4-5-9(12(11)15-2)10(13)7-8-16-3/h4-6H,7-8H2,1-3H3. The molecule has 0 aromatic heterocycles. The summed E-state index contributed by atoms with van der Waals surface area (Å²) in [6, 6.07) is 5.35. The molecule has 0 saturated carbocycles. The number of rotatable bonds is 6.